The Morgan fingerprint density at radius 2 is 1.00 bits per heavy atom. The third kappa shape index (κ3) is 15.6. The molecule has 300 valence electrons. The fourth-order valence-corrected chi connectivity index (χ4v) is 5.23. The number of carbonyl (C=O) groups excluding carboxylic acids is 6. The van der Waals surface area contributed by atoms with Crippen LogP contribution in [0, 0.1) is 5.92 Å². The molecule has 2 aromatic carbocycles. The van der Waals surface area contributed by atoms with Crippen molar-refractivity contribution in [3.63, 3.8) is 0 Å². The first-order valence-corrected chi connectivity index (χ1v) is 18.0. The average Bonchev–Trinajstić information content (AvgIpc) is 3.14. The minimum Gasteiger partial charge on any atom is -0.481 e. The van der Waals surface area contributed by atoms with Crippen LogP contribution in [0.25, 0.3) is 0 Å². The van der Waals surface area contributed by atoms with Crippen LogP contribution in [-0.2, 0) is 51.2 Å². The molecule has 0 spiro atoms. The van der Waals surface area contributed by atoms with Gasteiger partial charge in [0, 0.05) is 19.3 Å². The number of hydrogen-bond acceptors (Lipinski definition) is 9. The van der Waals surface area contributed by atoms with Crippen molar-refractivity contribution in [2.24, 2.45) is 11.7 Å². The highest BCUT2D eigenvalue weighted by Gasteiger charge is 2.33. The third-order valence-corrected chi connectivity index (χ3v) is 8.80. The molecule has 10 N–H and O–H groups in total. The van der Waals surface area contributed by atoms with Gasteiger partial charge in [-0.15, -0.1) is 0 Å². The Balaban J connectivity index is 2.35. The molecule has 0 unspecified atom stereocenters. The van der Waals surface area contributed by atoms with E-state index in [1.165, 1.54) is 20.8 Å². The van der Waals surface area contributed by atoms with E-state index in [4.69, 9.17) is 5.73 Å². The zero-order valence-corrected chi connectivity index (χ0v) is 31.7. The van der Waals surface area contributed by atoms with Gasteiger partial charge in [-0.1, -0.05) is 80.9 Å². The lowest BCUT2D eigenvalue weighted by Crippen LogP contribution is -2.60. The number of carboxylic acids is 2. The molecule has 0 heterocycles. The van der Waals surface area contributed by atoms with Gasteiger partial charge in [0.25, 0.3) is 0 Å². The van der Waals surface area contributed by atoms with Crippen LogP contribution in [-0.4, -0.2) is 99.9 Å². The predicted molar refractivity (Wildman–Crippen MR) is 201 cm³/mol. The number of aliphatic carboxylic acids is 2. The Morgan fingerprint density at radius 1 is 0.564 bits per heavy atom. The summed E-state index contributed by atoms with van der Waals surface area (Å²) < 4.78 is 0. The van der Waals surface area contributed by atoms with Gasteiger partial charge in [-0.3, -0.25) is 38.4 Å². The summed E-state index contributed by atoms with van der Waals surface area (Å²) in [6.07, 6.45) is -0.570. The molecule has 2 rings (SSSR count). The summed E-state index contributed by atoms with van der Waals surface area (Å²) in [5.41, 5.74) is 6.91. The number of rotatable bonds is 22. The van der Waals surface area contributed by atoms with E-state index in [0.29, 0.717) is 17.5 Å². The average molecular weight is 768 g/mol. The topological polar surface area (TPSA) is 275 Å². The summed E-state index contributed by atoms with van der Waals surface area (Å²) >= 11 is 0. The number of amides is 6. The molecule has 0 aliphatic carbocycles. The normalized spacial score (nSPS) is 15.2. The highest BCUT2D eigenvalue weighted by Crippen LogP contribution is 2.11. The van der Waals surface area contributed by atoms with Gasteiger partial charge in [0.05, 0.1) is 6.04 Å². The Labute approximate surface area is 319 Å². The van der Waals surface area contributed by atoms with Crippen LogP contribution in [0.2, 0.25) is 0 Å². The smallest absolute Gasteiger partial charge is 0.325 e. The Kier molecular flexibility index (Phi) is 18.5. The summed E-state index contributed by atoms with van der Waals surface area (Å²) in [6.45, 7) is 7.68. The quantitative estimate of drug-likeness (QED) is 0.0755. The van der Waals surface area contributed by atoms with Crippen molar-refractivity contribution in [1.82, 2.24) is 31.9 Å². The van der Waals surface area contributed by atoms with E-state index in [1.54, 1.807) is 67.6 Å². The van der Waals surface area contributed by atoms with Crippen LogP contribution in [0.3, 0.4) is 0 Å². The van der Waals surface area contributed by atoms with Crippen LogP contribution in [0.15, 0.2) is 60.7 Å². The van der Waals surface area contributed by atoms with Gasteiger partial charge in [0.15, 0.2) is 0 Å². The Hall–Kier alpha value is -5.84. The molecular formula is C38H53N7O10. The van der Waals surface area contributed by atoms with E-state index in [9.17, 15) is 48.6 Å². The van der Waals surface area contributed by atoms with Gasteiger partial charge in [0.1, 0.15) is 36.3 Å². The molecule has 8 atom stereocenters. The molecule has 0 saturated carbocycles. The first-order valence-electron chi connectivity index (χ1n) is 18.0. The van der Waals surface area contributed by atoms with Crippen molar-refractivity contribution in [1.29, 1.82) is 0 Å². The molecule has 0 aromatic heterocycles. The molecule has 17 heteroatoms. The molecule has 0 aliphatic rings. The van der Waals surface area contributed by atoms with Crippen LogP contribution < -0.4 is 37.6 Å². The van der Waals surface area contributed by atoms with E-state index in [2.05, 4.69) is 31.9 Å². The SMILES string of the molecule is CC[C@H](C)[C@H](NC(=O)[C@H](C)N)C(=O)N[C@@H](C)C(=O)N[C@@H](Cc1ccccc1)C(=O)N[C@@H](CCC(=O)O)C(=O)N[C@@H](Cc1ccccc1)C(=O)N[C@@H](C)C(=O)O. The van der Waals surface area contributed by atoms with Crippen molar-refractivity contribution in [3.8, 4) is 0 Å². The van der Waals surface area contributed by atoms with E-state index in [0.717, 1.165) is 0 Å². The minimum atomic E-state index is -1.51. The second-order valence-corrected chi connectivity index (χ2v) is 13.5. The maximum absolute atomic E-state index is 13.9. The molecule has 55 heavy (non-hydrogen) atoms. The largest absolute Gasteiger partial charge is 0.481 e. The number of nitrogens with one attached hydrogen (secondary N) is 6. The first kappa shape index (κ1) is 45.3. The van der Waals surface area contributed by atoms with Crippen molar-refractivity contribution in [2.45, 2.75) is 109 Å². The fourth-order valence-electron chi connectivity index (χ4n) is 5.23. The predicted octanol–water partition coefficient (Wildman–Crippen LogP) is -0.237. The van der Waals surface area contributed by atoms with E-state index < -0.39 is 103 Å². The molecule has 6 amide bonds. The van der Waals surface area contributed by atoms with Gasteiger partial charge in [-0.2, -0.15) is 0 Å². The van der Waals surface area contributed by atoms with E-state index in [1.807, 2.05) is 6.92 Å². The summed E-state index contributed by atoms with van der Waals surface area (Å²) in [5, 5.41) is 33.9. The highest BCUT2D eigenvalue weighted by atomic mass is 16.4. The fraction of sp³-hybridized carbons (Fsp3) is 0.474. The van der Waals surface area contributed by atoms with E-state index >= 15 is 0 Å². The maximum atomic E-state index is 13.9. The van der Waals surface area contributed by atoms with E-state index in [-0.39, 0.29) is 18.8 Å². The minimum absolute atomic E-state index is 0.0620. The monoisotopic (exact) mass is 767 g/mol. The van der Waals surface area contributed by atoms with Gasteiger partial charge in [0.2, 0.25) is 35.4 Å². The number of hydrogen-bond donors (Lipinski definition) is 9. The summed E-state index contributed by atoms with van der Waals surface area (Å²) in [4.78, 5) is 103. The number of nitrogens with two attached hydrogens (primary N) is 1. The highest BCUT2D eigenvalue weighted by molar-refractivity contribution is 5.97. The molecule has 17 nitrogen and oxygen atoms in total. The Morgan fingerprint density at radius 3 is 1.45 bits per heavy atom. The first-order chi connectivity index (χ1) is 25.9. The molecule has 0 fully saturated rings. The van der Waals surface area contributed by atoms with Gasteiger partial charge < -0.3 is 47.8 Å². The standard InChI is InChI=1S/C38H53N7O10/c1-6-21(2)31(45-32(48)22(3)39)37(53)40-23(4)33(49)43-29(20-26-15-11-8-12-16-26)36(52)42-27(17-18-30(46)47)34(50)44-28(19-25-13-9-7-10-14-25)35(51)41-24(5)38(54)55/h7-16,21-24,27-29,31H,6,17-20,39H2,1-5H3,(H,40,53)(H,41,51)(H,42,52)(H,43,49)(H,44,50)(H,45,48)(H,46,47)(H,54,55)/t21-,22-,23-,24-,27-,28-,29-,31-/m0/s1. The summed E-state index contributed by atoms with van der Waals surface area (Å²) in [5.74, 6) is -7.50. The van der Waals surface area contributed by atoms with Gasteiger partial charge in [-0.05, 0) is 44.2 Å². The number of benzene rings is 2. The lowest BCUT2D eigenvalue weighted by Gasteiger charge is -2.27. The zero-order valence-electron chi connectivity index (χ0n) is 31.7. The third-order valence-electron chi connectivity index (χ3n) is 8.80. The van der Waals surface area contributed by atoms with Gasteiger partial charge >= 0.3 is 11.9 Å². The van der Waals surface area contributed by atoms with Crippen molar-refractivity contribution >= 4 is 47.4 Å². The van der Waals surface area contributed by atoms with Crippen LogP contribution in [0.4, 0.5) is 0 Å². The molecular weight excluding hydrogens is 714 g/mol. The molecule has 0 radical (unpaired) electrons. The number of carboxylic acid groups (broad SMARTS) is 2. The maximum Gasteiger partial charge on any atom is 0.325 e. The van der Waals surface area contributed by atoms with Crippen LogP contribution >= 0.6 is 0 Å². The Bertz CT molecular complexity index is 1640. The van der Waals surface area contributed by atoms with Crippen LogP contribution in [0.5, 0.6) is 0 Å². The summed E-state index contributed by atoms with van der Waals surface area (Å²) in [6, 6.07) is 8.58. The lowest BCUT2D eigenvalue weighted by atomic mass is 9.97. The molecule has 0 saturated heterocycles. The molecule has 2 aromatic rings. The van der Waals surface area contributed by atoms with Crippen LogP contribution in [0.1, 0.15) is 65.0 Å². The molecule has 0 bridgehead atoms. The summed E-state index contributed by atoms with van der Waals surface area (Å²) in [7, 11) is 0. The van der Waals surface area contributed by atoms with Crippen molar-refractivity contribution < 1.29 is 48.6 Å². The van der Waals surface area contributed by atoms with Gasteiger partial charge in [-0.25, -0.2) is 0 Å². The molecule has 0 aliphatic heterocycles. The van der Waals surface area contributed by atoms with Crippen molar-refractivity contribution in [3.05, 3.63) is 71.8 Å². The van der Waals surface area contributed by atoms with Crippen molar-refractivity contribution in [2.75, 3.05) is 0 Å². The zero-order chi connectivity index (χ0) is 41.2. The second kappa shape index (κ2) is 22.4. The lowest BCUT2D eigenvalue weighted by molar-refractivity contribution is -0.141. The second-order valence-electron chi connectivity index (χ2n) is 13.5. The number of carbonyl (C=O) groups is 8.